The highest BCUT2D eigenvalue weighted by Crippen LogP contribution is 2.31. The van der Waals surface area contributed by atoms with Crippen molar-refractivity contribution in [3.05, 3.63) is 29.3 Å². The molecular weight excluding hydrogens is 230 g/mol. The summed E-state index contributed by atoms with van der Waals surface area (Å²) in [7, 11) is 1.70. The van der Waals surface area contributed by atoms with Gasteiger partial charge in [0.2, 0.25) is 0 Å². The molecule has 0 saturated heterocycles. The number of methoxy groups -OCH3 is 1. The van der Waals surface area contributed by atoms with E-state index in [4.69, 9.17) is 10.5 Å². The van der Waals surface area contributed by atoms with E-state index in [0.29, 0.717) is 0 Å². The van der Waals surface area contributed by atoms with Gasteiger partial charge in [0.25, 0.3) is 0 Å². The molecule has 0 aromatic heterocycles. The number of hydrogen-bond acceptors (Lipinski definition) is 3. The van der Waals surface area contributed by atoms with E-state index in [1.807, 2.05) is 6.07 Å². The molecule has 2 N–H and O–H groups in total. The smallest absolute Gasteiger partial charge is 0.123 e. The Morgan fingerprint density at radius 2 is 2.00 bits per heavy atom. The number of thioether (sulfide) groups is 1. The normalized spacial score (nSPS) is 13.5. The van der Waals surface area contributed by atoms with Crippen molar-refractivity contribution in [2.24, 2.45) is 5.73 Å². The van der Waals surface area contributed by atoms with E-state index in [0.717, 1.165) is 17.1 Å². The number of ether oxygens (including phenoxy) is 1. The predicted molar refractivity (Wildman–Crippen MR) is 77.0 cm³/mol. The Hall–Kier alpha value is -0.670. The van der Waals surface area contributed by atoms with Crippen LogP contribution in [0.25, 0.3) is 0 Å². The molecule has 0 aliphatic heterocycles. The lowest BCUT2D eigenvalue weighted by atomic mass is 9.85. The third kappa shape index (κ3) is 3.65. The van der Waals surface area contributed by atoms with Crippen molar-refractivity contribution in [3.63, 3.8) is 0 Å². The van der Waals surface area contributed by atoms with Crippen molar-refractivity contribution >= 4 is 11.8 Å². The summed E-state index contributed by atoms with van der Waals surface area (Å²) in [4.78, 5) is 0. The van der Waals surface area contributed by atoms with Gasteiger partial charge in [-0.1, -0.05) is 26.8 Å². The van der Waals surface area contributed by atoms with Gasteiger partial charge in [-0.2, -0.15) is 11.8 Å². The first-order valence-corrected chi connectivity index (χ1v) is 7.22. The molecular formula is C14H23NOS. The molecule has 0 fully saturated rings. The van der Waals surface area contributed by atoms with Crippen LogP contribution in [0.15, 0.2) is 18.2 Å². The van der Waals surface area contributed by atoms with Crippen LogP contribution >= 0.6 is 11.8 Å². The van der Waals surface area contributed by atoms with Crippen molar-refractivity contribution in [1.29, 1.82) is 0 Å². The summed E-state index contributed by atoms with van der Waals surface area (Å²) in [6.07, 6.45) is 2.07. The SMILES string of the molecule is COc1ccc(C(C)(C)C)cc1C(N)CSC. The Bertz CT molecular complexity index is 371. The molecule has 1 unspecified atom stereocenters. The van der Waals surface area contributed by atoms with Crippen LogP contribution in [0.3, 0.4) is 0 Å². The second-order valence-corrected chi connectivity index (χ2v) is 6.18. The van der Waals surface area contributed by atoms with Crippen molar-refractivity contribution in [1.82, 2.24) is 0 Å². The van der Waals surface area contributed by atoms with Crippen LogP contribution in [-0.2, 0) is 5.41 Å². The average Bonchev–Trinajstić information content (AvgIpc) is 2.27. The van der Waals surface area contributed by atoms with Crippen LogP contribution in [0.5, 0.6) is 5.75 Å². The fraction of sp³-hybridized carbons (Fsp3) is 0.571. The van der Waals surface area contributed by atoms with Gasteiger partial charge in [0, 0.05) is 17.4 Å². The molecule has 0 radical (unpaired) electrons. The van der Waals surface area contributed by atoms with E-state index in [1.54, 1.807) is 18.9 Å². The van der Waals surface area contributed by atoms with Gasteiger partial charge in [0.1, 0.15) is 5.75 Å². The Morgan fingerprint density at radius 3 is 2.47 bits per heavy atom. The van der Waals surface area contributed by atoms with E-state index in [9.17, 15) is 0 Å². The zero-order chi connectivity index (χ0) is 13.1. The Kier molecular flexibility index (Phi) is 4.90. The zero-order valence-corrected chi connectivity index (χ0v) is 12.2. The highest BCUT2D eigenvalue weighted by molar-refractivity contribution is 7.98. The highest BCUT2D eigenvalue weighted by Gasteiger charge is 2.18. The topological polar surface area (TPSA) is 35.2 Å². The van der Waals surface area contributed by atoms with E-state index in [-0.39, 0.29) is 11.5 Å². The molecule has 1 aromatic rings. The van der Waals surface area contributed by atoms with E-state index < -0.39 is 0 Å². The molecule has 2 nitrogen and oxygen atoms in total. The predicted octanol–water partition coefficient (Wildman–Crippen LogP) is 3.36. The average molecular weight is 253 g/mol. The summed E-state index contributed by atoms with van der Waals surface area (Å²) < 4.78 is 5.39. The maximum absolute atomic E-state index is 6.19. The van der Waals surface area contributed by atoms with Crippen LogP contribution in [0.2, 0.25) is 0 Å². The van der Waals surface area contributed by atoms with Crippen LogP contribution in [0, 0.1) is 0 Å². The first-order valence-electron chi connectivity index (χ1n) is 5.83. The van der Waals surface area contributed by atoms with Gasteiger partial charge in [-0.3, -0.25) is 0 Å². The van der Waals surface area contributed by atoms with Gasteiger partial charge in [-0.25, -0.2) is 0 Å². The monoisotopic (exact) mass is 253 g/mol. The minimum Gasteiger partial charge on any atom is -0.496 e. The third-order valence-corrected chi connectivity index (χ3v) is 3.53. The van der Waals surface area contributed by atoms with E-state index in [2.05, 4.69) is 39.2 Å². The molecule has 1 aromatic carbocycles. The summed E-state index contributed by atoms with van der Waals surface area (Å²) in [5.41, 5.74) is 8.73. The molecule has 1 atom stereocenters. The summed E-state index contributed by atoms with van der Waals surface area (Å²) >= 11 is 1.76. The Balaban J connectivity index is 3.15. The molecule has 0 bridgehead atoms. The van der Waals surface area contributed by atoms with Crippen molar-refractivity contribution in [2.75, 3.05) is 19.1 Å². The number of benzene rings is 1. The van der Waals surface area contributed by atoms with Gasteiger partial charge >= 0.3 is 0 Å². The minimum atomic E-state index is 0.0299. The molecule has 0 aliphatic rings. The maximum atomic E-state index is 6.19. The standard InChI is InChI=1S/C14H23NOS/c1-14(2,3)10-6-7-13(16-4)11(8-10)12(15)9-17-5/h6-8,12H,9,15H2,1-5H3. The fourth-order valence-electron chi connectivity index (χ4n) is 1.76. The highest BCUT2D eigenvalue weighted by atomic mass is 32.2. The maximum Gasteiger partial charge on any atom is 0.123 e. The number of hydrogen-bond donors (Lipinski definition) is 1. The molecule has 1 rings (SSSR count). The zero-order valence-electron chi connectivity index (χ0n) is 11.4. The minimum absolute atomic E-state index is 0.0299. The third-order valence-electron chi connectivity index (χ3n) is 2.84. The van der Waals surface area contributed by atoms with Gasteiger partial charge in [-0.05, 0) is 29.4 Å². The Labute approximate surface area is 109 Å². The van der Waals surface area contributed by atoms with Gasteiger partial charge in [-0.15, -0.1) is 0 Å². The number of nitrogens with two attached hydrogens (primary N) is 1. The molecule has 0 saturated carbocycles. The lowest BCUT2D eigenvalue weighted by Gasteiger charge is -2.23. The summed E-state index contributed by atoms with van der Waals surface area (Å²) in [5.74, 6) is 1.80. The molecule has 17 heavy (non-hydrogen) atoms. The van der Waals surface area contributed by atoms with Crippen LogP contribution in [0.1, 0.15) is 37.9 Å². The summed E-state index contributed by atoms with van der Waals surface area (Å²) in [6, 6.07) is 6.35. The quantitative estimate of drug-likeness (QED) is 0.893. The summed E-state index contributed by atoms with van der Waals surface area (Å²) in [5, 5.41) is 0. The molecule has 0 aliphatic carbocycles. The lowest BCUT2D eigenvalue weighted by molar-refractivity contribution is 0.406. The first-order chi connectivity index (χ1) is 7.90. The largest absolute Gasteiger partial charge is 0.496 e. The Morgan fingerprint density at radius 1 is 1.35 bits per heavy atom. The first kappa shape index (κ1) is 14.4. The van der Waals surface area contributed by atoms with Crippen molar-refractivity contribution in [2.45, 2.75) is 32.2 Å². The van der Waals surface area contributed by atoms with Crippen LogP contribution in [0.4, 0.5) is 0 Å². The molecule has 0 heterocycles. The van der Waals surface area contributed by atoms with Gasteiger partial charge in [0.05, 0.1) is 7.11 Å². The van der Waals surface area contributed by atoms with Crippen molar-refractivity contribution < 1.29 is 4.74 Å². The molecule has 96 valence electrons. The van der Waals surface area contributed by atoms with Gasteiger partial charge in [0.15, 0.2) is 0 Å². The fourth-order valence-corrected chi connectivity index (χ4v) is 2.30. The second-order valence-electron chi connectivity index (χ2n) is 5.27. The van der Waals surface area contributed by atoms with Gasteiger partial charge < -0.3 is 10.5 Å². The molecule has 0 spiro atoms. The molecule has 0 amide bonds. The second kappa shape index (κ2) is 5.78. The van der Waals surface area contributed by atoms with Crippen LogP contribution < -0.4 is 10.5 Å². The summed E-state index contributed by atoms with van der Waals surface area (Å²) in [6.45, 7) is 6.62. The molecule has 3 heteroatoms. The van der Waals surface area contributed by atoms with E-state index >= 15 is 0 Å². The van der Waals surface area contributed by atoms with Crippen LogP contribution in [-0.4, -0.2) is 19.1 Å². The number of rotatable bonds is 4. The van der Waals surface area contributed by atoms with E-state index in [1.165, 1.54) is 5.56 Å². The lowest BCUT2D eigenvalue weighted by Crippen LogP contribution is -2.17. The van der Waals surface area contributed by atoms with Crippen molar-refractivity contribution in [3.8, 4) is 5.75 Å².